The monoisotopic (exact) mass is 431 g/mol. The van der Waals surface area contributed by atoms with Gasteiger partial charge in [0.15, 0.2) is 11.5 Å². The number of imide groups is 1. The van der Waals surface area contributed by atoms with Gasteiger partial charge in [-0.3, -0.25) is 14.5 Å². The average Bonchev–Trinajstić information content (AvgIpc) is 2.97. The molecule has 7 heteroatoms. The third kappa shape index (κ3) is 4.95. The SMILES string of the molecule is CCC(C)Oc1c(Cl)cc(C=C2SC(=O)N(Cc3ccccc3)C2=O)cc1OC. The second kappa shape index (κ2) is 9.37. The quantitative estimate of drug-likeness (QED) is 0.521. The highest BCUT2D eigenvalue weighted by Crippen LogP contribution is 2.39. The molecule has 152 valence electrons. The normalized spacial score (nSPS) is 16.4. The number of hydrogen-bond donors (Lipinski definition) is 0. The van der Waals surface area contributed by atoms with Gasteiger partial charge in [-0.1, -0.05) is 48.9 Å². The van der Waals surface area contributed by atoms with Crippen LogP contribution in [0.15, 0.2) is 47.4 Å². The lowest BCUT2D eigenvalue weighted by Gasteiger charge is -2.17. The number of methoxy groups -OCH3 is 1. The molecule has 1 aliphatic rings. The lowest BCUT2D eigenvalue weighted by atomic mass is 10.1. The summed E-state index contributed by atoms with van der Waals surface area (Å²) in [6, 6.07) is 12.9. The van der Waals surface area contributed by atoms with Crippen molar-refractivity contribution in [2.45, 2.75) is 32.9 Å². The number of halogens is 1. The van der Waals surface area contributed by atoms with Gasteiger partial charge in [-0.05, 0) is 54.4 Å². The molecule has 1 heterocycles. The highest BCUT2D eigenvalue weighted by Gasteiger charge is 2.35. The molecule has 0 aromatic heterocycles. The summed E-state index contributed by atoms with van der Waals surface area (Å²) in [6.45, 7) is 4.21. The van der Waals surface area contributed by atoms with Crippen molar-refractivity contribution in [2.75, 3.05) is 7.11 Å². The Morgan fingerprint density at radius 2 is 1.93 bits per heavy atom. The van der Waals surface area contributed by atoms with E-state index in [0.717, 1.165) is 23.7 Å². The van der Waals surface area contributed by atoms with Crippen molar-refractivity contribution < 1.29 is 19.1 Å². The van der Waals surface area contributed by atoms with E-state index in [4.69, 9.17) is 21.1 Å². The van der Waals surface area contributed by atoms with Gasteiger partial charge in [0, 0.05) is 0 Å². The fourth-order valence-corrected chi connectivity index (χ4v) is 3.88. The molecule has 0 radical (unpaired) electrons. The highest BCUT2D eigenvalue weighted by molar-refractivity contribution is 8.18. The van der Waals surface area contributed by atoms with Crippen LogP contribution in [0.5, 0.6) is 11.5 Å². The molecule has 0 N–H and O–H groups in total. The van der Waals surface area contributed by atoms with Crippen molar-refractivity contribution in [1.82, 2.24) is 4.90 Å². The van der Waals surface area contributed by atoms with Crippen molar-refractivity contribution in [3.8, 4) is 11.5 Å². The zero-order chi connectivity index (χ0) is 21.0. The molecule has 3 rings (SSSR count). The topological polar surface area (TPSA) is 55.8 Å². The van der Waals surface area contributed by atoms with E-state index >= 15 is 0 Å². The van der Waals surface area contributed by atoms with Crippen LogP contribution in [0.4, 0.5) is 4.79 Å². The van der Waals surface area contributed by atoms with E-state index in [1.165, 1.54) is 12.0 Å². The molecule has 0 bridgehead atoms. The van der Waals surface area contributed by atoms with Gasteiger partial charge in [-0.15, -0.1) is 0 Å². The summed E-state index contributed by atoms with van der Waals surface area (Å²) in [5, 5.41) is 0.0966. The molecule has 2 aromatic rings. The van der Waals surface area contributed by atoms with Crippen molar-refractivity contribution in [2.24, 2.45) is 0 Å². The average molecular weight is 432 g/mol. The van der Waals surface area contributed by atoms with Gasteiger partial charge >= 0.3 is 0 Å². The fraction of sp³-hybridized carbons (Fsp3) is 0.273. The van der Waals surface area contributed by atoms with E-state index in [9.17, 15) is 9.59 Å². The van der Waals surface area contributed by atoms with Crippen LogP contribution in [0, 0.1) is 0 Å². The standard InChI is InChI=1S/C22H22ClNO4S/c1-4-14(2)28-20-17(23)10-16(11-18(20)27-3)12-19-21(25)24(22(26)29-19)13-15-8-6-5-7-9-15/h5-12,14H,4,13H2,1-3H3. The smallest absolute Gasteiger partial charge is 0.293 e. The third-order valence-electron chi connectivity index (χ3n) is 4.50. The first-order valence-corrected chi connectivity index (χ1v) is 10.5. The van der Waals surface area contributed by atoms with Crippen molar-refractivity contribution in [1.29, 1.82) is 0 Å². The number of carbonyl (C=O) groups excluding carboxylic acids is 2. The van der Waals surface area contributed by atoms with E-state index < -0.39 is 0 Å². The van der Waals surface area contributed by atoms with Crippen molar-refractivity contribution >= 4 is 40.6 Å². The Hall–Kier alpha value is -2.44. The largest absolute Gasteiger partial charge is 0.493 e. The molecule has 1 fully saturated rings. The maximum atomic E-state index is 12.7. The van der Waals surface area contributed by atoms with Gasteiger partial charge < -0.3 is 9.47 Å². The van der Waals surface area contributed by atoms with Gasteiger partial charge in [-0.25, -0.2) is 0 Å². The Morgan fingerprint density at radius 3 is 2.59 bits per heavy atom. The van der Waals surface area contributed by atoms with Crippen LogP contribution >= 0.6 is 23.4 Å². The zero-order valence-corrected chi connectivity index (χ0v) is 18.0. The van der Waals surface area contributed by atoms with Gasteiger partial charge in [0.05, 0.1) is 29.7 Å². The predicted molar refractivity (Wildman–Crippen MR) is 116 cm³/mol. The number of benzene rings is 2. The van der Waals surface area contributed by atoms with E-state index in [2.05, 4.69) is 0 Å². The fourth-order valence-electron chi connectivity index (χ4n) is 2.78. The number of nitrogens with zero attached hydrogens (tertiary/aromatic N) is 1. The van der Waals surface area contributed by atoms with E-state index in [1.54, 1.807) is 18.2 Å². The summed E-state index contributed by atoms with van der Waals surface area (Å²) in [7, 11) is 1.53. The molecule has 1 saturated heterocycles. The van der Waals surface area contributed by atoms with Crippen LogP contribution < -0.4 is 9.47 Å². The lowest BCUT2D eigenvalue weighted by Crippen LogP contribution is -2.27. The van der Waals surface area contributed by atoms with E-state index in [-0.39, 0.29) is 23.8 Å². The first-order valence-electron chi connectivity index (χ1n) is 9.26. The minimum atomic E-state index is -0.320. The summed E-state index contributed by atoms with van der Waals surface area (Å²) in [6.07, 6.45) is 2.47. The van der Waals surface area contributed by atoms with E-state index in [1.807, 2.05) is 44.2 Å². The van der Waals surface area contributed by atoms with Crippen LogP contribution in [0.1, 0.15) is 31.4 Å². The second-order valence-corrected chi connectivity index (χ2v) is 8.02. The molecule has 5 nitrogen and oxygen atoms in total. The molecule has 0 saturated carbocycles. The predicted octanol–water partition coefficient (Wildman–Crippen LogP) is 5.76. The Morgan fingerprint density at radius 1 is 1.21 bits per heavy atom. The number of hydrogen-bond acceptors (Lipinski definition) is 5. The van der Waals surface area contributed by atoms with Gasteiger partial charge in [0.1, 0.15) is 0 Å². The Bertz CT molecular complexity index is 945. The van der Waals surface area contributed by atoms with Gasteiger partial charge in [0.2, 0.25) is 0 Å². The number of carbonyl (C=O) groups is 2. The van der Waals surface area contributed by atoms with Gasteiger partial charge in [0.25, 0.3) is 11.1 Å². The number of rotatable bonds is 7. The van der Waals surface area contributed by atoms with Crippen molar-refractivity contribution in [3.05, 3.63) is 63.5 Å². The number of amides is 2. The molecule has 29 heavy (non-hydrogen) atoms. The highest BCUT2D eigenvalue weighted by atomic mass is 35.5. The second-order valence-electron chi connectivity index (χ2n) is 6.62. The Kier molecular flexibility index (Phi) is 6.87. The lowest BCUT2D eigenvalue weighted by molar-refractivity contribution is -0.123. The molecule has 1 unspecified atom stereocenters. The summed E-state index contributed by atoms with van der Waals surface area (Å²) in [5.74, 6) is 0.629. The minimum Gasteiger partial charge on any atom is -0.493 e. The maximum Gasteiger partial charge on any atom is 0.293 e. The van der Waals surface area contributed by atoms with Crippen LogP contribution in [0.25, 0.3) is 6.08 Å². The third-order valence-corrected chi connectivity index (χ3v) is 5.69. The molecule has 1 atom stereocenters. The maximum absolute atomic E-state index is 12.7. The first kappa shape index (κ1) is 21.3. The summed E-state index contributed by atoms with van der Waals surface area (Å²) >= 11 is 7.31. The van der Waals surface area contributed by atoms with E-state index in [0.29, 0.717) is 27.0 Å². The number of thioether (sulfide) groups is 1. The molecule has 2 aromatic carbocycles. The summed E-state index contributed by atoms with van der Waals surface area (Å²) in [4.78, 5) is 26.7. The molecule has 0 aliphatic carbocycles. The van der Waals surface area contributed by atoms with Gasteiger partial charge in [-0.2, -0.15) is 0 Å². The molecule has 0 spiro atoms. The Labute approximate surface area is 179 Å². The molecular formula is C22H22ClNO4S. The summed E-state index contributed by atoms with van der Waals surface area (Å²) in [5.41, 5.74) is 1.56. The number of ether oxygens (including phenoxy) is 2. The van der Waals surface area contributed by atoms with Crippen LogP contribution in [-0.4, -0.2) is 29.3 Å². The first-order chi connectivity index (χ1) is 13.9. The minimum absolute atomic E-state index is 0.0123. The molecule has 1 aliphatic heterocycles. The van der Waals surface area contributed by atoms with Crippen LogP contribution in [0.2, 0.25) is 5.02 Å². The van der Waals surface area contributed by atoms with Crippen LogP contribution in [-0.2, 0) is 11.3 Å². The molecular weight excluding hydrogens is 410 g/mol. The zero-order valence-electron chi connectivity index (χ0n) is 16.5. The van der Waals surface area contributed by atoms with Crippen LogP contribution in [0.3, 0.4) is 0 Å². The molecule has 2 amide bonds. The Balaban J connectivity index is 1.85. The van der Waals surface area contributed by atoms with Crippen molar-refractivity contribution in [3.63, 3.8) is 0 Å². The summed E-state index contributed by atoms with van der Waals surface area (Å²) < 4.78 is 11.3.